The minimum atomic E-state index is -3.62. The average Bonchev–Trinajstić information content (AvgIpc) is 2.84. The molecule has 1 aromatic heterocycles. The Morgan fingerprint density at radius 1 is 1.59 bits per heavy atom. The van der Waals surface area contributed by atoms with Crippen molar-refractivity contribution in [2.75, 3.05) is 13.1 Å². The van der Waals surface area contributed by atoms with Crippen LogP contribution in [0.3, 0.4) is 0 Å². The highest BCUT2D eigenvalue weighted by molar-refractivity contribution is 7.89. The molecule has 0 amide bonds. The zero-order valence-corrected chi connectivity index (χ0v) is 10.0. The van der Waals surface area contributed by atoms with Crippen LogP contribution in [0.1, 0.15) is 6.92 Å². The van der Waals surface area contributed by atoms with Crippen molar-refractivity contribution in [3.8, 4) is 0 Å². The van der Waals surface area contributed by atoms with Crippen LogP contribution in [0, 0.1) is 11.8 Å². The van der Waals surface area contributed by atoms with Crippen molar-refractivity contribution in [1.29, 1.82) is 0 Å². The van der Waals surface area contributed by atoms with E-state index in [2.05, 4.69) is 10.2 Å². The van der Waals surface area contributed by atoms with Gasteiger partial charge in [0, 0.05) is 19.3 Å². The van der Waals surface area contributed by atoms with Gasteiger partial charge in [-0.25, -0.2) is 8.42 Å². The van der Waals surface area contributed by atoms with E-state index in [0.29, 0.717) is 0 Å². The molecular weight excluding hydrogens is 246 g/mol. The summed E-state index contributed by atoms with van der Waals surface area (Å²) in [7, 11) is -3.62. The zero-order chi connectivity index (χ0) is 12.6. The predicted molar refractivity (Wildman–Crippen MR) is 57.6 cm³/mol. The van der Waals surface area contributed by atoms with Gasteiger partial charge >= 0.3 is 5.97 Å². The molecule has 2 heterocycles. The Morgan fingerprint density at radius 3 is 2.76 bits per heavy atom. The second kappa shape index (κ2) is 4.11. The summed E-state index contributed by atoms with van der Waals surface area (Å²) in [6.45, 7) is 1.98. The molecule has 1 aliphatic heterocycles. The fourth-order valence-corrected chi connectivity index (χ4v) is 3.44. The fourth-order valence-electron chi connectivity index (χ4n) is 1.97. The summed E-state index contributed by atoms with van der Waals surface area (Å²) in [5, 5.41) is 15.0. The number of nitrogens with one attached hydrogen (secondary N) is 1. The van der Waals surface area contributed by atoms with Crippen LogP contribution in [0.5, 0.6) is 0 Å². The van der Waals surface area contributed by atoms with Crippen LogP contribution in [0.15, 0.2) is 17.3 Å². The summed E-state index contributed by atoms with van der Waals surface area (Å²) in [4.78, 5) is 11.0. The van der Waals surface area contributed by atoms with Crippen LogP contribution in [0.4, 0.5) is 0 Å². The van der Waals surface area contributed by atoms with Gasteiger partial charge in [0.1, 0.15) is 4.90 Å². The smallest absolute Gasteiger partial charge is 0.308 e. The predicted octanol–water partition coefficient (Wildman–Crippen LogP) is -0.249. The van der Waals surface area contributed by atoms with Crippen molar-refractivity contribution in [2.24, 2.45) is 11.8 Å². The first-order valence-corrected chi connectivity index (χ1v) is 6.58. The Hall–Kier alpha value is -1.41. The molecule has 1 fully saturated rings. The Labute approximate surface area is 98.5 Å². The van der Waals surface area contributed by atoms with Gasteiger partial charge in [-0.15, -0.1) is 0 Å². The van der Waals surface area contributed by atoms with E-state index in [4.69, 9.17) is 5.11 Å². The average molecular weight is 259 g/mol. The molecule has 1 saturated heterocycles. The summed E-state index contributed by atoms with van der Waals surface area (Å²) >= 11 is 0. The third-order valence-corrected chi connectivity index (χ3v) is 4.80. The standard InChI is InChI=1S/C9H13N3O4S/c1-6-4-12(5-8(6)9(13)14)17(15,16)7-2-10-11-3-7/h2-3,6,8H,4-5H2,1H3,(H,10,11)(H,13,14). The maximum absolute atomic E-state index is 12.1. The number of aromatic amines is 1. The van der Waals surface area contributed by atoms with Crippen LogP contribution in [0.25, 0.3) is 0 Å². The van der Waals surface area contributed by atoms with Crippen LogP contribution in [0.2, 0.25) is 0 Å². The first-order chi connectivity index (χ1) is 7.93. The summed E-state index contributed by atoms with van der Waals surface area (Å²) in [6.07, 6.45) is 2.50. The number of sulfonamides is 1. The fraction of sp³-hybridized carbons (Fsp3) is 0.556. The van der Waals surface area contributed by atoms with Crippen molar-refractivity contribution in [3.63, 3.8) is 0 Å². The van der Waals surface area contributed by atoms with Crippen molar-refractivity contribution < 1.29 is 18.3 Å². The first-order valence-electron chi connectivity index (χ1n) is 5.14. The van der Waals surface area contributed by atoms with Crippen molar-refractivity contribution in [3.05, 3.63) is 12.4 Å². The molecule has 1 aromatic rings. The van der Waals surface area contributed by atoms with E-state index in [9.17, 15) is 13.2 Å². The Bertz CT molecular complexity index is 510. The zero-order valence-electron chi connectivity index (χ0n) is 9.20. The molecule has 2 atom stereocenters. The molecule has 2 rings (SSSR count). The number of carboxylic acid groups (broad SMARTS) is 1. The van der Waals surface area contributed by atoms with E-state index >= 15 is 0 Å². The van der Waals surface area contributed by atoms with Gasteiger partial charge in [0.25, 0.3) is 0 Å². The number of carbonyl (C=O) groups is 1. The molecule has 0 saturated carbocycles. The summed E-state index contributed by atoms with van der Waals surface area (Å²) in [5.74, 6) is -1.78. The number of hydrogen-bond acceptors (Lipinski definition) is 4. The topological polar surface area (TPSA) is 103 Å². The highest BCUT2D eigenvalue weighted by Crippen LogP contribution is 2.28. The third-order valence-electron chi connectivity index (χ3n) is 3.01. The number of hydrogen-bond donors (Lipinski definition) is 2. The second-order valence-corrected chi connectivity index (χ2v) is 6.12. The molecule has 0 spiro atoms. The maximum atomic E-state index is 12.1. The number of rotatable bonds is 3. The van der Waals surface area contributed by atoms with E-state index in [1.165, 1.54) is 16.7 Å². The number of aliphatic carboxylic acids is 1. The number of H-pyrrole nitrogens is 1. The Morgan fingerprint density at radius 2 is 2.29 bits per heavy atom. The molecule has 0 radical (unpaired) electrons. The molecule has 0 aromatic carbocycles. The van der Waals surface area contributed by atoms with Gasteiger partial charge in [-0.05, 0) is 5.92 Å². The van der Waals surface area contributed by atoms with Gasteiger partial charge in [-0.3, -0.25) is 9.89 Å². The molecule has 0 bridgehead atoms. The quantitative estimate of drug-likeness (QED) is 0.779. The normalized spacial score (nSPS) is 26.2. The van der Waals surface area contributed by atoms with E-state index < -0.39 is 21.9 Å². The monoisotopic (exact) mass is 259 g/mol. The number of nitrogens with zero attached hydrogens (tertiary/aromatic N) is 2. The van der Waals surface area contributed by atoms with E-state index in [-0.39, 0.29) is 23.9 Å². The van der Waals surface area contributed by atoms with Crippen LogP contribution >= 0.6 is 0 Å². The molecule has 1 aliphatic rings. The molecular formula is C9H13N3O4S. The van der Waals surface area contributed by atoms with Crippen molar-refractivity contribution in [1.82, 2.24) is 14.5 Å². The maximum Gasteiger partial charge on any atom is 0.308 e. The lowest BCUT2D eigenvalue weighted by atomic mass is 9.99. The van der Waals surface area contributed by atoms with Gasteiger partial charge in [0.15, 0.2) is 0 Å². The molecule has 17 heavy (non-hydrogen) atoms. The third kappa shape index (κ3) is 2.05. The van der Waals surface area contributed by atoms with Gasteiger partial charge in [0.2, 0.25) is 10.0 Å². The lowest BCUT2D eigenvalue weighted by Gasteiger charge is -2.14. The summed E-state index contributed by atoms with van der Waals surface area (Å²) in [5.41, 5.74) is 0. The number of carboxylic acids is 1. The molecule has 8 heteroatoms. The SMILES string of the molecule is CC1CN(S(=O)(=O)c2cn[nH]c2)CC1C(=O)O. The highest BCUT2D eigenvalue weighted by Gasteiger charge is 2.40. The van der Waals surface area contributed by atoms with Crippen molar-refractivity contribution in [2.45, 2.75) is 11.8 Å². The lowest BCUT2D eigenvalue weighted by molar-refractivity contribution is -0.142. The van der Waals surface area contributed by atoms with E-state index in [1.807, 2.05) is 0 Å². The first kappa shape index (κ1) is 12.1. The lowest BCUT2D eigenvalue weighted by Crippen LogP contribution is -2.29. The molecule has 0 aliphatic carbocycles. The summed E-state index contributed by atoms with van der Waals surface area (Å²) in [6, 6.07) is 0. The van der Waals surface area contributed by atoms with Gasteiger partial charge in [-0.1, -0.05) is 6.92 Å². The van der Waals surface area contributed by atoms with Gasteiger partial charge < -0.3 is 5.11 Å². The van der Waals surface area contributed by atoms with Gasteiger partial charge in [0.05, 0.1) is 12.1 Å². The summed E-state index contributed by atoms with van der Waals surface area (Å²) < 4.78 is 25.4. The van der Waals surface area contributed by atoms with Crippen LogP contribution in [-0.4, -0.2) is 47.1 Å². The largest absolute Gasteiger partial charge is 0.481 e. The molecule has 94 valence electrons. The minimum absolute atomic E-state index is 0.0179. The highest BCUT2D eigenvalue weighted by atomic mass is 32.2. The Balaban J connectivity index is 2.24. The molecule has 2 unspecified atom stereocenters. The van der Waals surface area contributed by atoms with E-state index in [1.54, 1.807) is 6.92 Å². The van der Waals surface area contributed by atoms with Crippen LogP contribution in [-0.2, 0) is 14.8 Å². The number of aromatic nitrogens is 2. The molecule has 2 N–H and O–H groups in total. The van der Waals surface area contributed by atoms with Crippen LogP contribution < -0.4 is 0 Å². The van der Waals surface area contributed by atoms with E-state index in [0.717, 1.165) is 0 Å². The minimum Gasteiger partial charge on any atom is -0.481 e. The van der Waals surface area contributed by atoms with Gasteiger partial charge in [-0.2, -0.15) is 9.40 Å². The Kier molecular flexibility index (Phi) is 2.92. The molecule has 7 nitrogen and oxygen atoms in total. The second-order valence-electron chi connectivity index (χ2n) is 4.18. The van der Waals surface area contributed by atoms with Crippen molar-refractivity contribution >= 4 is 16.0 Å².